The molecule has 0 bridgehead atoms. The van der Waals surface area contributed by atoms with Crippen molar-refractivity contribution >= 4 is 0 Å². The summed E-state index contributed by atoms with van der Waals surface area (Å²) in [6.45, 7) is 2.72. The van der Waals surface area contributed by atoms with Gasteiger partial charge in [-0.15, -0.1) is 0 Å². The molecule has 2 fully saturated rings. The summed E-state index contributed by atoms with van der Waals surface area (Å²) >= 11 is 0. The van der Waals surface area contributed by atoms with Crippen molar-refractivity contribution < 1.29 is 14.2 Å². The summed E-state index contributed by atoms with van der Waals surface area (Å²) in [5.74, 6) is 0.362. The quantitative estimate of drug-likeness (QED) is 0.623. The third-order valence-electron chi connectivity index (χ3n) is 2.76. The van der Waals surface area contributed by atoms with Crippen LogP contribution in [0.1, 0.15) is 12.8 Å². The summed E-state index contributed by atoms with van der Waals surface area (Å²) in [6.07, 6.45) is 2.00. The van der Waals surface area contributed by atoms with E-state index in [2.05, 4.69) is 6.07 Å². The molecule has 0 aliphatic carbocycles. The fourth-order valence-electron chi connectivity index (χ4n) is 2.05. The standard InChI is InChI=1S/C10H15NO3/c11-3-1-4-12-6-8-7-14-9-2-5-13-10(8)9/h8-10H,1-2,4-7H2/t8-,9?,10?/m1/s1. The lowest BCUT2D eigenvalue weighted by molar-refractivity contribution is 0.0265. The lowest BCUT2D eigenvalue weighted by atomic mass is 10.0. The van der Waals surface area contributed by atoms with Crippen molar-refractivity contribution in [2.75, 3.05) is 26.4 Å². The zero-order chi connectivity index (χ0) is 9.80. The van der Waals surface area contributed by atoms with Crippen molar-refractivity contribution in [1.82, 2.24) is 0 Å². The normalized spacial score (nSPS) is 35.5. The predicted octanol–water partition coefficient (Wildman–Crippen LogP) is 0.721. The molecule has 2 aliphatic rings. The van der Waals surface area contributed by atoms with Crippen molar-refractivity contribution in [1.29, 1.82) is 5.26 Å². The molecule has 0 aromatic rings. The molecule has 0 aromatic carbocycles. The SMILES string of the molecule is N#CCCOC[C@@H]1COC2CCOC21. The Morgan fingerprint density at radius 1 is 1.43 bits per heavy atom. The molecule has 0 radical (unpaired) electrons. The topological polar surface area (TPSA) is 51.5 Å². The highest BCUT2D eigenvalue weighted by Crippen LogP contribution is 2.30. The molecule has 0 saturated carbocycles. The first-order valence-electron chi connectivity index (χ1n) is 5.09. The summed E-state index contributed by atoms with van der Waals surface area (Å²) in [7, 11) is 0. The van der Waals surface area contributed by atoms with Crippen molar-refractivity contribution in [2.24, 2.45) is 5.92 Å². The van der Waals surface area contributed by atoms with E-state index in [4.69, 9.17) is 19.5 Å². The second-order valence-corrected chi connectivity index (χ2v) is 3.74. The molecule has 2 aliphatic heterocycles. The maximum Gasteiger partial charge on any atom is 0.0909 e. The molecule has 78 valence electrons. The van der Waals surface area contributed by atoms with E-state index in [1.165, 1.54) is 0 Å². The number of fused-ring (bicyclic) bond motifs is 1. The molecular weight excluding hydrogens is 182 g/mol. The monoisotopic (exact) mass is 197 g/mol. The fourth-order valence-corrected chi connectivity index (χ4v) is 2.05. The lowest BCUT2D eigenvalue weighted by Crippen LogP contribution is -2.26. The summed E-state index contributed by atoms with van der Waals surface area (Å²) < 4.78 is 16.5. The number of ether oxygens (including phenoxy) is 3. The molecule has 4 heteroatoms. The Labute approximate surface area is 83.7 Å². The predicted molar refractivity (Wildman–Crippen MR) is 48.6 cm³/mol. The molecule has 2 unspecified atom stereocenters. The number of nitriles is 1. The zero-order valence-corrected chi connectivity index (χ0v) is 8.15. The molecule has 0 aromatic heterocycles. The van der Waals surface area contributed by atoms with Crippen LogP contribution in [0.2, 0.25) is 0 Å². The minimum Gasteiger partial charge on any atom is -0.380 e. The average molecular weight is 197 g/mol. The number of rotatable bonds is 4. The van der Waals surface area contributed by atoms with Crippen LogP contribution in [0.15, 0.2) is 0 Å². The highest BCUT2D eigenvalue weighted by molar-refractivity contribution is 4.88. The summed E-state index contributed by atoms with van der Waals surface area (Å²) in [5, 5.41) is 8.33. The van der Waals surface area contributed by atoms with Crippen molar-refractivity contribution in [3.63, 3.8) is 0 Å². The van der Waals surface area contributed by atoms with Crippen LogP contribution < -0.4 is 0 Å². The average Bonchev–Trinajstić information content (AvgIpc) is 2.75. The fraction of sp³-hybridized carbons (Fsp3) is 0.900. The maximum absolute atomic E-state index is 8.33. The summed E-state index contributed by atoms with van der Waals surface area (Å²) in [6, 6.07) is 2.05. The van der Waals surface area contributed by atoms with Crippen LogP contribution in [0.5, 0.6) is 0 Å². The number of hydrogen-bond acceptors (Lipinski definition) is 4. The summed E-state index contributed by atoms with van der Waals surface area (Å²) in [5.41, 5.74) is 0. The van der Waals surface area contributed by atoms with Gasteiger partial charge in [0.15, 0.2) is 0 Å². The Balaban J connectivity index is 1.69. The van der Waals surface area contributed by atoms with E-state index in [9.17, 15) is 0 Å². The van der Waals surface area contributed by atoms with Crippen LogP contribution in [0.3, 0.4) is 0 Å². The van der Waals surface area contributed by atoms with Crippen molar-refractivity contribution in [3.05, 3.63) is 0 Å². The zero-order valence-electron chi connectivity index (χ0n) is 8.15. The Bertz CT molecular complexity index is 226. The minimum atomic E-state index is 0.233. The molecule has 2 heterocycles. The van der Waals surface area contributed by atoms with E-state index in [0.29, 0.717) is 31.7 Å². The van der Waals surface area contributed by atoms with Gasteiger partial charge in [-0.05, 0) is 6.42 Å². The first kappa shape index (κ1) is 9.91. The molecule has 0 N–H and O–H groups in total. The molecule has 2 rings (SSSR count). The van der Waals surface area contributed by atoms with Gasteiger partial charge in [0.05, 0.1) is 44.5 Å². The Kier molecular flexibility index (Phi) is 3.35. The van der Waals surface area contributed by atoms with E-state index in [0.717, 1.165) is 19.6 Å². The molecule has 0 spiro atoms. The van der Waals surface area contributed by atoms with Crippen LogP contribution in [0.25, 0.3) is 0 Å². The smallest absolute Gasteiger partial charge is 0.0909 e. The van der Waals surface area contributed by atoms with Crippen LogP contribution in [-0.4, -0.2) is 38.6 Å². The van der Waals surface area contributed by atoms with Gasteiger partial charge in [0.25, 0.3) is 0 Å². The van der Waals surface area contributed by atoms with E-state index < -0.39 is 0 Å². The Morgan fingerprint density at radius 2 is 2.36 bits per heavy atom. The van der Waals surface area contributed by atoms with E-state index in [-0.39, 0.29) is 6.10 Å². The third-order valence-corrected chi connectivity index (χ3v) is 2.76. The van der Waals surface area contributed by atoms with Gasteiger partial charge in [-0.2, -0.15) is 5.26 Å². The van der Waals surface area contributed by atoms with Crippen LogP contribution >= 0.6 is 0 Å². The van der Waals surface area contributed by atoms with Gasteiger partial charge in [-0.25, -0.2) is 0 Å². The van der Waals surface area contributed by atoms with Crippen LogP contribution in [0, 0.1) is 17.2 Å². The largest absolute Gasteiger partial charge is 0.380 e. The first-order valence-corrected chi connectivity index (χ1v) is 5.09. The third kappa shape index (κ3) is 2.06. The Morgan fingerprint density at radius 3 is 3.21 bits per heavy atom. The van der Waals surface area contributed by atoms with E-state index in [1.54, 1.807) is 0 Å². The van der Waals surface area contributed by atoms with Gasteiger partial charge in [-0.3, -0.25) is 0 Å². The van der Waals surface area contributed by atoms with Gasteiger partial charge in [0.1, 0.15) is 0 Å². The van der Waals surface area contributed by atoms with Crippen molar-refractivity contribution in [2.45, 2.75) is 25.0 Å². The molecular formula is C10H15NO3. The molecule has 4 nitrogen and oxygen atoms in total. The maximum atomic E-state index is 8.33. The number of nitrogens with zero attached hydrogens (tertiary/aromatic N) is 1. The Hall–Kier alpha value is -0.630. The highest BCUT2D eigenvalue weighted by Gasteiger charge is 2.41. The van der Waals surface area contributed by atoms with Gasteiger partial charge >= 0.3 is 0 Å². The van der Waals surface area contributed by atoms with Crippen LogP contribution in [-0.2, 0) is 14.2 Å². The lowest BCUT2D eigenvalue weighted by Gasteiger charge is -2.15. The minimum absolute atomic E-state index is 0.233. The van der Waals surface area contributed by atoms with Crippen molar-refractivity contribution in [3.8, 4) is 6.07 Å². The molecule has 2 saturated heterocycles. The van der Waals surface area contributed by atoms with E-state index in [1.807, 2.05) is 0 Å². The number of hydrogen-bond donors (Lipinski definition) is 0. The van der Waals surface area contributed by atoms with Gasteiger partial charge in [0.2, 0.25) is 0 Å². The van der Waals surface area contributed by atoms with Gasteiger partial charge in [0, 0.05) is 12.5 Å². The molecule has 0 amide bonds. The van der Waals surface area contributed by atoms with Crippen LogP contribution in [0.4, 0.5) is 0 Å². The first-order chi connectivity index (χ1) is 6.92. The summed E-state index contributed by atoms with van der Waals surface area (Å²) in [4.78, 5) is 0. The van der Waals surface area contributed by atoms with Gasteiger partial charge in [-0.1, -0.05) is 0 Å². The second-order valence-electron chi connectivity index (χ2n) is 3.74. The molecule has 3 atom stereocenters. The highest BCUT2D eigenvalue weighted by atomic mass is 16.6. The van der Waals surface area contributed by atoms with E-state index >= 15 is 0 Å². The second kappa shape index (κ2) is 4.74. The molecule has 14 heavy (non-hydrogen) atoms. The van der Waals surface area contributed by atoms with Gasteiger partial charge < -0.3 is 14.2 Å².